The maximum Gasteiger partial charge on any atom is 0.303 e. The predicted octanol–water partition coefficient (Wildman–Crippen LogP) is 0.753. The Balaban J connectivity index is 0.00000220. The highest BCUT2D eigenvalue weighted by molar-refractivity contribution is 5.89. The van der Waals surface area contributed by atoms with E-state index in [0.717, 1.165) is 38.6 Å². The van der Waals surface area contributed by atoms with E-state index in [-0.39, 0.29) is 29.4 Å². The number of unbranched alkanes of at least 4 members (excludes halogenated alkanes) is 2. The first-order valence-corrected chi connectivity index (χ1v) is 7.68. The molecule has 21 heavy (non-hydrogen) atoms. The zero-order valence-electron chi connectivity index (χ0n) is 13.3. The van der Waals surface area contributed by atoms with E-state index in [9.17, 15) is 4.79 Å². The Morgan fingerprint density at radius 3 is 2.71 bits per heavy atom. The minimum Gasteiger partial charge on any atom is -1.00 e. The molecule has 0 radical (unpaired) electrons. The van der Waals surface area contributed by atoms with Crippen molar-refractivity contribution in [1.29, 1.82) is 0 Å². The molecule has 0 aromatic carbocycles. The van der Waals surface area contributed by atoms with Gasteiger partial charge in [-0.05, 0) is 33.1 Å². The first-order chi connectivity index (χ1) is 9.44. The molecule has 0 amide bonds. The molecule has 0 fully saturated rings. The van der Waals surface area contributed by atoms with Crippen LogP contribution in [0.15, 0.2) is 23.4 Å². The van der Waals surface area contributed by atoms with E-state index in [1.165, 1.54) is 17.0 Å². The molecule has 118 valence electrons. The number of carboxylic acids is 1. The van der Waals surface area contributed by atoms with Crippen molar-refractivity contribution < 1.29 is 38.5 Å². The Morgan fingerprint density at radius 2 is 2.05 bits per heavy atom. The van der Waals surface area contributed by atoms with Gasteiger partial charge < -0.3 is 29.1 Å². The molecule has 0 unspecified atom stereocenters. The van der Waals surface area contributed by atoms with E-state index in [1.54, 1.807) is 0 Å². The van der Waals surface area contributed by atoms with E-state index >= 15 is 0 Å². The summed E-state index contributed by atoms with van der Waals surface area (Å²) in [7, 11) is 0. The molecule has 0 bridgehead atoms. The summed E-state index contributed by atoms with van der Waals surface area (Å²) in [5.41, 5.74) is 4.56. The number of allylic oxidation sites excluding steroid dienone is 4. The van der Waals surface area contributed by atoms with Gasteiger partial charge in [-0.15, -0.1) is 0 Å². The second-order valence-electron chi connectivity index (χ2n) is 6.37. The summed E-state index contributed by atoms with van der Waals surface area (Å²) >= 11 is 0. The quantitative estimate of drug-likeness (QED) is 0.404. The fourth-order valence-electron chi connectivity index (χ4n) is 3.26. The Kier molecular flexibility index (Phi) is 6.63. The van der Waals surface area contributed by atoms with Gasteiger partial charge in [-0.2, -0.15) is 0 Å². The summed E-state index contributed by atoms with van der Waals surface area (Å²) < 4.78 is 2.49. The molecule has 4 heteroatoms. The fourth-order valence-corrected chi connectivity index (χ4v) is 3.26. The molecule has 0 saturated heterocycles. The summed E-state index contributed by atoms with van der Waals surface area (Å²) in [6.45, 7) is 7.88. The molecule has 0 saturated carbocycles. The highest BCUT2D eigenvalue weighted by Gasteiger charge is 2.44. The minimum atomic E-state index is -0.683. The van der Waals surface area contributed by atoms with Crippen LogP contribution in [0.4, 0.5) is 0 Å². The maximum atomic E-state index is 10.5. The largest absolute Gasteiger partial charge is 1.00 e. The molecule has 1 aliphatic carbocycles. The third kappa shape index (κ3) is 3.96. The van der Waals surface area contributed by atoms with Crippen molar-refractivity contribution >= 4 is 11.7 Å². The van der Waals surface area contributed by atoms with Crippen LogP contribution in [-0.4, -0.2) is 27.9 Å². The van der Waals surface area contributed by atoms with Gasteiger partial charge in [0.1, 0.15) is 6.54 Å². The first-order valence-electron chi connectivity index (χ1n) is 7.68. The lowest BCUT2D eigenvalue weighted by Crippen LogP contribution is -3.00. The first kappa shape index (κ1) is 18.4. The number of nitrogens with zero attached hydrogens (tertiary/aromatic N) is 1. The molecule has 2 rings (SSSR count). The molecule has 3 nitrogen and oxygen atoms in total. The van der Waals surface area contributed by atoms with Crippen LogP contribution in [0.3, 0.4) is 0 Å². The lowest BCUT2D eigenvalue weighted by atomic mass is 9.79. The lowest BCUT2D eigenvalue weighted by Gasteiger charge is -2.17. The molecular formula is C17H26INO2. The van der Waals surface area contributed by atoms with Gasteiger partial charge in [-0.25, -0.2) is 4.58 Å². The molecule has 1 aliphatic heterocycles. The van der Waals surface area contributed by atoms with Crippen molar-refractivity contribution in [2.75, 3.05) is 6.54 Å². The average molecular weight is 403 g/mol. The second-order valence-corrected chi connectivity index (χ2v) is 6.37. The third-order valence-electron chi connectivity index (χ3n) is 4.72. The van der Waals surface area contributed by atoms with Crippen LogP contribution in [0.2, 0.25) is 0 Å². The highest BCUT2D eigenvalue weighted by Crippen LogP contribution is 2.41. The molecule has 0 atom stereocenters. The summed E-state index contributed by atoms with van der Waals surface area (Å²) in [6, 6.07) is 0. The molecule has 1 N–H and O–H groups in total. The Bertz CT molecular complexity index is 501. The van der Waals surface area contributed by atoms with Crippen molar-refractivity contribution in [3.8, 4) is 0 Å². The summed E-state index contributed by atoms with van der Waals surface area (Å²) in [5.74, 6) is -0.683. The summed E-state index contributed by atoms with van der Waals surface area (Å²) in [5, 5.41) is 8.66. The van der Waals surface area contributed by atoms with Crippen molar-refractivity contribution in [2.24, 2.45) is 5.41 Å². The zero-order valence-corrected chi connectivity index (χ0v) is 15.4. The van der Waals surface area contributed by atoms with Gasteiger partial charge in [0.15, 0.2) is 11.4 Å². The minimum absolute atomic E-state index is 0. The number of hydrogen-bond acceptors (Lipinski definition) is 1. The van der Waals surface area contributed by atoms with E-state index in [2.05, 4.69) is 37.5 Å². The second kappa shape index (κ2) is 7.56. The van der Waals surface area contributed by atoms with Crippen LogP contribution in [0.5, 0.6) is 0 Å². The van der Waals surface area contributed by atoms with E-state index < -0.39 is 5.97 Å². The molecule has 2 aliphatic rings. The summed E-state index contributed by atoms with van der Waals surface area (Å²) in [4.78, 5) is 10.5. The van der Waals surface area contributed by atoms with Crippen molar-refractivity contribution in [3.63, 3.8) is 0 Å². The predicted molar refractivity (Wildman–Crippen MR) is 81.1 cm³/mol. The monoisotopic (exact) mass is 403 g/mol. The van der Waals surface area contributed by atoms with Gasteiger partial charge in [0.05, 0.1) is 5.41 Å². The van der Waals surface area contributed by atoms with Gasteiger partial charge in [-0.1, -0.05) is 12.2 Å². The van der Waals surface area contributed by atoms with Gasteiger partial charge in [0, 0.05) is 31.8 Å². The van der Waals surface area contributed by atoms with Crippen LogP contribution < -0.4 is 24.0 Å². The smallest absolute Gasteiger partial charge is 0.303 e. The average Bonchev–Trinajstić information content (AvgIpc) is 2.59. The standard InChI is InChI=1S/C17H25NO2.HI/c1-13-17(2,3)14-9-6-7-10-15(14)18(13)12-8-4-5-11-16(19)20;/h6,9H,4-5,7-8,10-12H2,1-3H3;1H. The summed E-state index contributed by atoms with van der Waals surface area (Å²) in [6.07, 6.45) is 10.0. The molecule has 0 spiro atoms. The Morgan fingerprint density at radius 1 is 1.33 bits per heavy atom. The molecule has 0 aromatic heterocycles. The van der Waals surface area contributed by atoms with Gasteiger partial charge in [0.25, 0.3) is 0 Å². The third-order valence-corrected chi connectivity index (χ3v) is 4.72. The van der Waals surface area contributed by atoms with Crippen molar-refractivity contribution in [2.45, 2.75) is 59.3 Å². The van der Waals surface area contributed by atoms with Crippen LogP contribution in [-0.2, 0) is 4.79 Å². The Labute approximate surface area is 144 Å². The van der Waals surface area contributed by atoms with Gasteiger partial charge in [-0.3, -0.25) is 4.79 Å². The topological polar surface area (TPSA) is 40.3 Å². The lowest BCUT2D eigenvalue weighted by molar-refractivity contribution is -0.479. The number of halogens is 1. The normalized spacial score (nSPS) is 19.6. The van der Waals surface area contributed by atoms with Crippen LogP contribution in [0.1, 0.15) is 59.3 Å². The van der Waals surface area contributed by atoms with Gasteiger partial charge in [0.2, 0.25) is 0 Å². The van der Waals surface area contributed by atoms with Crippen LogP contribution in [0, 0.1) is 5.41 Å². The zero-order chi connectivity index (χ0) is 14.8. The number of carbonyl (C=O) groups is 1. The Hall–Kier alpha value is -0.650. The van der Waals surface area contributed by atoms with E-state index in [1.807, 2.05) is 0 Å². The number of aliphatic carboxylic acids is 1. The van der Waals surface area contributed by atoms with Crippen LogP contribution >= 0.6 is 0 Å². The number of rotatable bonds is 6. The van der Waals surface area contributed by atoms with Gasteiger partial charge >= 0.3 is 5.97 Å². The molecule has 1 heterocycles. The highest BCUT2D eigenvalue weighted by atomic mass is 127. The van der Waals surface area contributed by atoms with Crippen molar-refractivity contribution in [1.82, 2.24) is 0 Å². The van der Waals surface area contributed by atoms with Crippen LogP contribution in [0.25, 0.3) is 0 Å². The fraction of sp³-hybridized carbons (Fsp3) is 0.647. The molecular weight excluding hydrogens is 377 g/mol. The van der Waals surface area contributed by atoms with E-state index in [0.29, 0.717) is 6.42 Å². The number of carboxylic acid groups (broad SMARTS) is 1. The van der Waals surface area contributed by atoms with E-state index in [4.69, 9.17) is 5.11 Å². The maximum absolute atomic E-state index is 10.5. The van der Waals surface area contributed by atoms with Crippen molar-refractivity contribution in [3.05, 3.63) is 23.4 Å². The SMILES string of the molecule is CC1=[N+](CCCCCC(=O)O)C2=C(C=CCC2)C1(C)C.[I-]. The number of hydrogen-bond donors (Lipinski definition) is 1. The molecule has 0 aromatic rings.